The fourth-order valence-corrected chi connectivity index (χ4v) is 5.76. The Morgan fingerprint density at radius 3 is 2.52 bits per heavy atom. The summed E-state index contributed by atoms with van der Waals surface area (Å²) < 4.78 is 0.646. The summed E-state index contributed by atoms with van der Waals surface area (Å²) in [5.41, 5.74) is -0.00805. The number of thiocarbonyl (C=S) groups is 1. The second kappa shape index (κ2) is 8.41. The van der Waals surface area contributed by atoms with Gasteiger partial charge in [-0.15, -0.1) is 11.3 Å². The molecule has 1 N–H and O–H groups in total. The molecule has 1 saturated carbocycles. The lowest BCUT2D eigenvalue weighted by atomic mass is 10.2. The van der Waals surface area contributed by atoms with E-state index in [9.17, 15) is 14.9 Å². The highest BCUT2D eigenvalue weighted by Crippen LogP contribution is 2.38. The van der Waals surface area contributed by atoms with Crippen LogP contribution in [0.1, 0.15) is 35.4 Å². The maximum Gasteiger partial charge on any atom is 0.270 e. The molecular weight excluding hydrogens is 432 g/mol. The van der Waals surface area contributed by atoms with Crippen LogP contribution in [0, 0.1) is 10.1 Å². The Morgan fingerprint density at radius 2 is 1.86 bits per heavy atom. The summed E-state index contributed by atoms with van der Waals surface area (Å²) in [5, 5.41) is 16.3. The normalized spacial score (nSPS) is 17.7. The monoisotopic (exact) mass is 452 g/mol. The average Bonchev–Trinajstić information content (AvgIpc) is 3.35. The van der Waals surface area contributed by atoms with E-state index in [1.807, 2.05) is 0 Å². The maximum absolute atomic E-state index is 13.0. The molecule has 0 bridgehead atoms. The summed E-state index contributed by atoms with van der Waals surface area (Å²) in [5.74, 6) is -0.131. The second-order valence-corrected chi connectivity index (χ2v) is 9.21. The van der Waals surface area contributed by atoms with Crippen molar-refractivity contribution >= 4 is 61.9 Å². The molecule has 2 fully saturated rings. The molecule has 1 aliphatic carbocycles. The van der Waals surface area contributed by atoms with Crippen molar-refractivity contribution in [1.82, 2.24) is 15.1 Å². The van der Waals surface area contributed by atoms with E-state index in [0.717, 1.165) is 5.11 Å². The molecule has 154 valence electrons. The van der Waals surface area contributed by atoms with Crippen molar-refractivity contribution in [2.45, 2.75) is 31.7 Å². The van der Waals surface area contributed by atoms with Crippen LogP contribution in [-0.4, -0.2) is 58.0 Å². The van der Waals surface area contributed by atoms with Gasteiger partial charge >= 0.3 is 0 Å². The van der Waals surface area contributed by atoms with Gasteiger partial charge in [-0.1, -0.05) is 24.4 Å². The summed E-state index contributed by atoms with van der Waals surface area (Å²) in [6.45, 7) is 2.49. The first kappa shape index (κ1) is 20.3. The highest BCUT2D eigenvalue weighted by atomic mass is 35.5. The molecule has 1 amide bonds. The maximum atomic E-state index is 13.0. The van der Waals surface area contributed by atoms with E-state index in [-0.39, 0.29) is 11.6 Å². The third kappa shape index (κ3) is 4.17. The molecule has 0 radical (unpaired) electrons. The first-order chi connectivity index (χ1) is 13.9. The lowest BCUT2D eigenvalue weighted by molar-refractivity contribution is -0.384. The fourth-order valence-electron chi connectivity index (χ4n) is 3.90. The molecule has 2 heterocycles. The molecule has 1 aromatic carbocycles. The number of nitrogens with one attached hydrogen (secondary N) is 1. The minimum Gasteiger partial charge on any atom is -0.360 e. The van der Waals surface area contributed by atoms with Gasteiger partial charge in [-0.25, -0.2) is 0 Å². The van der Waals surface area contributed by atoms with E-state index in [1.165, 1.54) is 49.2 Å². The van der Waals surface area contributed by atoms with Crippen LogP contribution in [-0.2, 0) is 0 Å². The molecular formula is C19H21ClN4O3S2. The minimum atomic E-state index is -0.448. The quantitative estimate of drug-likeness (QED) is 0.430. The summed E-state index contributed by atoms with van der Waals surface area (Å²) in [7, 11) is 0. The van der Waals surface area contributed by atoms with Crippen molar-refractivity contribution in [3.05, 3.63) is 38.2 Å². The number of hydrogen-bond donors (Lipinski definition) is 1. The molecule has 2 aromatic rings. The van der Waals surface area contributed by atoms with Crippen molar-refractivity contribution in [3.8, 4) is 0 Å². The largest absolute Gasteiger partial charge is 0.360 e. The highest BCUT2D eigenvalue weighted by molar-refractivity contribution is 7.80. The summed E-state index contributed by atoms with van der Waals surface area (Å²) in [6, 6.07) is 4.96. The number of carbonyl (C=O) groups is 1. The Labute approximate surface area is 182 Å². The van der Waals surface area contributed by atoms with Gasteiger partial charge in [-0.2, -0.15) is 0 Å². The van der Waals surface area contributed by atoms with Gasteiger partial charge in [0.2, 0.25) is 0 Å². The molecule has 4 rings (SSSR count). The van der Waals surface area contributed by atoms with E-state index in [1.54, 1.807) is 11.0 Å². The molecule has 10 heteroatoms. The Bertz CT molecular complexity index is 966. The lowest BCUT2D eigenvalue weighted by Crippen LogP contribution is -2.54. The lowest BCUT2D eigenvalue weighted by Gasteiger charge is -2.36. The topological polar surface area (TPSA) is 78.7 Å². The number of fused-ring (bicyclic) bond motifs is 1. The minimum absolute atomic E-state index is 0.00805. The molecule has 1 aromatic heterocycles. The van der Waals surface area contributed by atoms with Crippen molar-refractivity contribution in [2.75, 3.05) is 26.2 Å². The average molecular weight is 453 g/mol. The van der Waals surface area contributed by atoms with E-state index in [4.69, 9.17) is 23.8 Å². The fraction of sp³-hybridized carbons (Fsp3) is 0.474. The Morgan fingerprint density at radius 1 is 1.21 bits per heavy atom. The third-order valence-corrected chi connectivity index (χ3v) is 7.58. The first-order valence-corrected chi connectivity index (χ1v) is 11.3. The molecule has 0 atom stereocenters. The number of rotatable bonds is 3. The van der Waals surface area contributed by atoms with E-state index >= 15 is 0 Å². The number of amides is 1. The van der Waals surface area contributed by atoms with Gasteiger partial charge in [0.05, 0.1) is 9.95 Å². The second-order valence-electron chi connectivity index (χ2n) is 7.39. The van der Waals surface area contributed by atoms with E-state index in [2.05, 4.69) is 10.2 Å². The zero-order valence-electron chi connectivity index (χ0n) is 15.7. The van der Waals surface area contributed by atoms with Crippen LogP contribution in [0.3, 0.4) is 0 Å². The number of non-ortho nitro benzene ring substituents is 1. The Kier molecular flexibility index (Phi) is 5.89. The first-order valence-electron chi connectivity index (χ1n) is 9.65. The zero-order chi connectivity index (χ0) is 20.5. The standard InChI is InChI=1S/C19H21ClN4O3S2/c20-16-14-6-5-13(24(26)27)11-15(14)29-17(16)18(25)22-7-9-23(10-8-22)19(28)21-12-3-1-2-4-12/h5-6,11-12H,1-4,7-10H2,(H,21,28). The van der Waals surface area contributed by atoms with Crippen molar-refractivity contribution in [3.63, 3.8) is 0 Å². The van der Waals surface area contributed by atoms with Gasteiger partial charge in [-0.3, -0.25) is 14.9 Å². The van der Waals surface area contributed by atoms with Crippen LogP contribution in [0.25, 0.3) is 10.1 Å². The summed E-state index contributed by atoms with van der Waals surface area (Å²) in [4.78, 5) is 27.9. The van der Waals surface area contributed by atoms with Crippen LogP contribution in [0.15, 0.2) is 18.2 Å². The third-order valence-electron chi connectivity index (χ3n) is 5.55. The number of halogens is 1. The molecule has 29 heavy (non-hydrogen) atoms. The molecule has 2 aliphatic rings. The zero-order valence-corrected chi connectivity index (χ0v) is 18.1. The Balaban J connectivity index is 1.42. The van der Waals surface area contributed by atoms with Crippen LogP contribution in [0.4, 0.5) is 5.69 Å². The van der Waals surface area contributed by atoms with Gasteiger partial charge in [-0.05, 0) is 31.1 Å². The molecule has 1 saturated heterocycles. The van der Waals surface area contributed by atoms with E-state index < -0.39 is 4.92 Å². The molecule has 0 unspecified atom stereocenters. The molecule has 7 nitrogen and oxygen atoms in total. The number of nitro groups is 1. The van der Waals surface area contributed by atoms with Crippen molar-refractivity contribution < 1.29 is 9.72 Å². The van der Waals surface area contributed by atoms with Gasteiger partial charge in [0.1, 0.15) is 4.88 Å². The van der Waals surface area contributed by atoms with Crippen molar-refractivity contribution in [1.29, 1.82) is 0 Å². The predicted molar refractivity (Wildman–Crippen MR) is 119 cm³/mol. The van der Waals surface area contributed by atoms with Crippen LogP contribution in [0.2, 0.25) is 5.02 Å². The van der Waals surface area contributed by atoms with Crippen LogP contribution < -0.4 is 5.32 Å². The summed E-state index contributed by atoms with van der Waals surface area (Å²) >= 11 is 13.2. The number of piperazine rings is 1. The number of carbonyl (C=O) groups excluding carboxylic acids is 1. The number of benzene rings is 1. The van der Waals surface area contributed by atoms with Crippen molar-refractivity contribution in [2.24, 2.45) is 0 Å². The van der Waals surface area contributed by atoms with Crippen LogP contribution >= 0.6 is 35.2 Å². The number of hydrogen-bond acceptors (Lipinski definition) is 5. The highest BCUT2D eigenvalue weighted by Gasteiger charge is 2.28. The SMILES string of the molecule is O=C(c1sc2cc([N+](=O)[O-])ccc2c1Cl)N1CCN(C(=S)NC2CCCC2)CC1. The van der Waals surface area contributed by atoms with Gasteiger partial charge < -0.3 is 15.1 Å². The predicted octanol–water partition coefficient (Wildman–Crippen LogP) is 4.04. The van der Waals surface area contributed by atoms with Crippen LogP contribution in [0.5, 0.6) is 0 Å². The van der Waals surface area contributed by atoms with E-state index in [0.29, 0.717) is 52.2 Å². The molecule has 0 spiro atoms. The summed E-state index contributed by atoms with van der Waals surface area (Å²) in [6.07, 6.45) is 4.84. The smallest absolute Gasteiger partial charge is 0.270 e. The number of nitrogens with zero attached hydrogens (tertiary/aromatic N) is 3. The Hall–Kier alpha value is -1.97. The van der Waals surface area contributed by atoms with Gasteiger partial charge in [0.25, 0.3) is 11.6 Å². The van der Waals surface area contributed by atoms with Gasteiger partial charge in [0.15, 0.2) is 5.11 Å². The molecule has 1 aliphatic heterocycles. The number of thiophene rings is 1. The van der Waals surface area contributed by atoms with Gasteiger partial charge in [0, 0.05) is 54.4 Å². The number of nitro benzene ring substituents is 1.